The molecule has 0 bridgehead atoms. The Morgan fingerprint density at radius 2 is 1.94 bits per heavy atom. The van der Waals surface area contributed by atoms with Gasteiger partial charge in [-0.2, -0.15) is 0 Å². The minimum Gasteiger partial charge on any atom is -0.316 e. The number of rotatable bonds is 6. The summed E-state index contributed by atoms with van der Waals surface area (Å²) in [5.41, 5.74) is 1.71. The van der Waals surface area contributed by atoms with Crippen LogP contribution in [0.25, 0.3) is 0 Å². The molecule has 0 heterocycles. The van der Waals surface area contributed by atoms with E-state index in [9.17, 15) is 0 Å². The average Bonchev–Trinajstić information content (AvgIpc) is 2.29. The molecular formula is C15H24BrN. The van der Waals surface area contributed by atoms with Gasteiger partial charge in [0.2, 0.25) is 0 Å². The quantitative estimate of drug-likeness (QED) is 0.827. The van der Waals surface area contributed by atoms with Crippen molar-refractivity contribution < 1.29 is 0 Å². The normalized spacial score (nSPS) is 14.9. The van der Waals surface area contributed by atoms with E-state index in [-0.39, 0.29) is 0 Å². The fourth-order valence-corrected chi connectivity index (χ4v) is 2.38. The van der Waals surface area contributed by atoms with Gasteiger partial charge in [0.1, 0.15) is 0 Å². The SMILES string of the molecule is CCNCC(C)(Cc1ccccc1Br)C(C)C. The lowest BCUT2D eigenvalue weighted by molar-refractivity contribution is 0.208. The maximum absolute atomic E-state index is 3.65. The van der Waals surface area contributed by atoms with Crippen LogP contribution < -0.4 is 5.32 Å². The predicted octanol–water partition coefficient (Wildman–Crippen LogP) is 4.26. The van der Waals surface area contributed by atoms with Crippen LogP contribution in [0.5, 0.6) is 0 Å². The summed E-state index contributed by atoms with van der Waals surface area (Å²) in [4.78, 5) is 0. The highest BCUT2D eigenvalue weighted by Gasteiger charge is 2.28. The van der Waals surface area contributed by atoms with Gasteiger partial charge in [0.15, 0.2) is 0 Å². The molecule has 1 N–H and O–H groups in total. The topological polar surface area (TPSA) is 12.0 Å². The van der Waals surface area contributed by atoms with Gasteiger partial charge in [-0.05, 0) is 35.9 Å². The molecule has 1 aromatic rings. The number of benzene rings is 1. The third kappa shape index (κ3) is 4.11. The van der Waals surface area contributed by atoms with Gasteiger partial charge in [-0.15, -0.1) is 0 Å². The molecule has 0 amide bonds. The molecule has 0 saturated heterocycles. The van der Waals surface area contributed by atoms with E-state index in [4.69, 9.17) is 0 Å². The minimum atomic E-state index is 0.305. The van der Waals surface area contributed by atoms with Crippen LogP contribution in [-0.4, -0.2) is 13.1 Å². The van der Waals surface area contributed by atoms with Crippen molar-refractivity contribution in [1.29, 1.82) is 0 Å². The van der Waals surface area contributed by atoms with Gasteiger partial charge < -0.3 is 5.32 Å². The molecule has 1 unspecified atom stereocenters. The monoisotopic (exact) mass is 297 g/mol. The third-order valence-electron chi connectivity index (χ3n) is 3.72. The first-order chi connectivity index (χ1) is 7.99. The van der Waals surface area contributed by atoms with Gasteiger partial charge >= 0.3 is 0 Å². The van der Waals surface area contributed by atoms with Crippen LogP contribution in [0.3, 0.4) is 0 Å². The van der Waals surface area contributed by atoms with E-state index >= 15 is 0 Å². The molecule has 0 aliphatic heterocycles. The standard InChI is InChI=1S/C15H24BrN/c1-5-17-11-15(4,12(2)3)10-13-8-6-7-9-14(13)16/h6-9,12,17H,5,10-11H2,1-4H3. The third-order valence-corrected chi connectivity index (χ3v) is 4.50. The number of hydrogen-bond donors (Lipinski definition) is 1. The highest BCUT2D eigenvalue weighted by molar-refractivity contribution is 9.10. The molecule has 1 aromatic carbocycles. The second-order valence-electron chi connectivity index (χ2n) is 5.36. The number of nitrogens with one attached hydrogen (secondary N) is 1. The van der Waals surface area contributed by atoms with E-state index in [0.717, 1.165) is 19.5 Å². The lowest BCUT2D eigenvalue weighted by Gasteiger charge is -2.34. The summed E-state index contributed by atoms with van der Waals surface area (Å²) in [5, 5.41) is 3.49. The number of halogens is 1. The highest BCUT2D eigenvalue weighted by atomic mass is 79.9. The summed E-state index contributed by atoms with van der Waals surface area (Å²) in [7, 11) is 0. The van der Waals surface area contributed by atoms with Gasteiger partial charge in [0, 0.05) is 11.0 Å². The summed E-state index contributed by atoms with van der Waals surface area (Å²) in [6.45, 7) is 11.3. The Morgan fingerprint density at radius 3 is 2.47 bits per heavy atom. The van der Waals surface area contributed by atoms with E-state index in [1.54, 1.807) is 0 Å². The molecule has 1 atom stereocenters. The van der Waals surface area contributed by atoms with Crippen molar-refractivity contribution in [3.05, 3.63) is 34.3 Å². The van der Waals surface area contributed by atoms with Gasteiger partial charge in [0.05, 0.1) is 0 Å². The first-order valence-corrected chi connectivity index (χ1v) is 7.23. The molecule has 0 fully saturated rings. The van der Waals surface area contributed by atoms with Crippen LogP contribution in [0.1, 0.15) is 33.3 Å². The first kappa shape index (κ1) is 14.7. The largest absolute Gasteiger partial charge is 0.316 e. The Kier molecular flexibility index (Phi) is 5.68. The van der Waals surface area contributed by atoms with Gasteiger partial charge in [-0.3, -0.25) is 0 Å². The smallest absolute Gasteiger partial charge is 0.0207 e. The van der Waals surface area contributed by atoms with Crippen LogP contribution in [0.2, 0.25) is 0 Å². The molecule has 0 spiro atoms. The maximum atomic E-state index is 3.65. The second-order valence-corrected chi connectivity index (χ2v) is 6.21. The number of hydrogen-bond acceptors (Lipinski definition) is 1. The predicted molar refractivity (Wildman–Crippen MR) is 79.3 cm³/mol. The van der Waals surface area contributed by atoms with Crippen LogP contribution in [0.15, 0.2) is 28.7 Å². The Balaban J connectivity index is 2.83. The Morgan fingerprint density at radius 1 is 1.29 bits per heavy atom. The molecule has 0 aromatic heterocycles. The summed E-state index contributed by atoms with van der Waals surface area (Å²) < 4.78 is 1.23. The molecular weight excluding hydrogens is 274 g/mol. The highest BCUT2D eigenvalue weighted by Crippen LogP contribution is 2.33. The fraction of sp³-hybridized carbons (Fsp3) is 0.600. The van der Waals surface area contributed by atoms with E-state index in [1.807, 2.05) is 0 Å². The van der Waals surface area contributed by atoms with E-state index in [0.29, 0.717) is 11.3 Å². The molecule has 0 aliphatic rings. The van der Waals surface area contributed by atoms with Crippen molar-refractivity contribution in [3.63, 3.8) is 0 Å². The van der Waals surface area contributed by atoms with Crippen LogP contribution in [-0.2, 0) is 6.42 Å². The second kappa shape index (κ2) is 6.55. The molecule has 96 valence electrons. The van der Waals surface area contributed by atoms with Gasteiger partial charge in [-0.1, -0.05) is 61.8 Å². The lowest BCUT2D eigenvalue weighted by atomic mass is 9.74. The minimum absolute atomic E-state index is 0.305. The summed E-state index contributed by atoms with van der Waals surface area (Å²) >= 11 is 3.65. The molecule has 0 radical (unpaired) electrons. The first-order valence-electron chi connectivity index (χ1n) is 6.43. The summed E-state index contributed by atoms with van der Waals surface area (Å²) in [6, 6.07) is 8.54. The molecule has 1 nitrogen and oxygen atoms in total. The summed E-state index contributed by atoms with van der Waals surface area (Å²) in [5.74, 6) is 0.661. The van der Waals surface area contributed by atoms with Crippen molar-refractivity contribution in [2.24, 2.45) is 11.3 Å². The zero-order valence-corrected chi connectivity index (χ0v) is 13.0. The van der Waals surface area contributed by atoms with Gasteiger partial charge in [0.25, 0.3) is 0 Å². The van der Waals surface area contributed by atoms with Crippen LogP contribution >= 0.6 is 15.9 Å². The molecule has 2 heteroatoms. The van der Waals surface area contributed by atoms with Crippen molar-refractivity contribution in [2.75, 3.05) is 13.1 Å². The Bertz CT molecular complexity index is 349. The molecule has 17 heavy (non-hydrogen) atoms. The van der Waals surface area contributed by atoms with Crippen molar-refractivity contribution >= 4 is 15.9 Å². The van der Waals surface area contributed by atoms with Crippen molar-refractivity contribution in [3.8, 4) is 0 Å². The van der Waals surface area contributed by atoms with E-state index in [1.165, 1.54) is 10.0 Å². The zero-order chi connectivity index (χ0) is 12.9. The van der Waals surface area contributed by atoms with Crippen LogP contribution in [0, 0.1) is 11.3 Å². The van der Waals surface area contributed by atoms with Crippen molar-refractivity contribution in [1.82, 2.24) is 5.32 Å². The van der Waals surface area contributed by atoms with Crippen LogP contribution in [0.4, 0.5) is 0 Å². The van der Waals surface area contributed by atoms with E-state index in [2.05, 4.69) is 73.2 Å². The Labute approximate surface area is 114 Å². The maximum Gasteiger partial charge on any atom is 0.0207 e. The van der Waals surface area contributed by atoms with E-state index < -0.39 is 0 Å². The Hall–Kier alpha value is -0.340. The zero-order valence-electron chi connectivity index (χ0n) is 11.4. The molecule has 0 saturated carbocycles. The average molecular weight is 298 g/mol. The molecule has 0 aliphatic carbocycles. The lowest BCUT2D eigenvalue weighted by Crippen LogP contribution is -2.38. The van der Waals surface area contributed by atoms with Crippen molar-refractivity contribution in [2.45, 2.75) is 34.1 Å². The molecule has 1 rings (SSSR count). The van der Waals surface area contributed by atoms with Gasteiger partial charge in [-0.25, -0.2) is 0 Å². The summed E-state index contributed by atoms with van der Waals surface area (Å²) in [6.07, 6.45) is 1.11. The fourth-order valence-electron chi connectivity index (χ4n) is 1.96.